The molecular formula is C18H17N3O10S3. The summed E-state index contributed by atoms with van der Waals surface area (Å²) in [6, 6.07) is 7.18. The van der Waals surface area contributed by atoms with Crippen molar-refractivity contribution in [1.82, 2.24) is 0 Å². The number of phenols is 1. The van der Waals surface area contributed by atoms with Gasteiger partial charge in [0.2, 0.25) is 0 Å². The number of benzene rings is 3. The van der Waals surface area contributed by atoms with Gasteiger partial charge in [0.05, 0.1) is 33.5 Å². The molecule has 0 radical (unpaired) electrons. The van der Waals surface area contributed by atoms with Gasteiger partial charge in [-0.05, 0) is 41.8 Å². The first-order valence-corrected chi connectivity index (χ1v) is 13.6. The molecule has 3 rings (SSSR count). The molecule has 0 bridgehead atoms. The molecule has 0 saturated carbocycles. The maximum absolute atomic E-state index is 12.0. The molecule has 0 unspecified atom stereocenters. The van der Waals surface area contributed by atoms with Crippen LogP contribution >= 0.6 is 0 Å². The van der Waals surface area contributed by atoms with E-state index in [2.05, 4.69) is 10.2 Å². The SMILES string of the molecule is Nc1c(N=Nc2ccc(S(=O)(=O)CCO)cc2)c(S(=O)(=O)O)cc2cc(S(=O)(=O)O)cc(O)c12. The predicted molar refractivity (Wildman–Crippen MR) is 119 cm³/mol. The van der Waals surface area contributed by atoms with E-state index in [4.69, 9.17) is 10.8 Å². The average molecular weight is 532 g/mol. The molecule has 6 N–H and O–H groups in total. The fourth-order valence-corrected chi connectivity index (χ4v) is 5.24. The van der Waals surface area contributed by atoms with Crippen molar-refractivity contribution in [2.45, 2.75) is 14.7 Å². The molecule has 3 aromatic rings. The zero-order chi connectivity index (χ0) is 25.5. The lowest BCUT2D eigenvalue weighted by molar-refractivity contribution is 0.319. The molecule has 16 heteroatoms. The maximum Gasteiger partial charge on any atom is 0.296 e. The van der Waals surface area contributed by atoms with Crippen LogP contribution in [0, 0.1) is 0 Å². The van der Waals surface area contributed by atoms with Gasteiger partial charge in [0.15, 0.2) is 9.84 Å². The fourth-order valence-electron chi connectivity index (χ4n) is 3.00. The van der Waals surface area contributed by atoms with Gasteiger partial charge in [-0.25, -0.2) is 8.42 Å². The van der Waals surface area contributed by atoms with Crippen molar-refractivity contribution >= 4 is 57.9 Å². The molecule has 0 aliphatic heterocycles. The zero-order valence-electron chi connectivity index (χ0n) is 16.9. The van der Waals surface area contributed by atoms with Crippen molar-refractivity contribution in [3.8, 4) is 5.75 Å². The van der Waals surface area contributed by atoms with Crippen molar-refractivity contribution in [2.24, 2.45) is 10.2 Å². The Morgan fingerprint density at radius 3 is 1.97 bits per heavy atom. The van der Waals surface area contributed by atoms with Crippen molar-refractivity contribution in [3.63, 3.8) is 0 Å². The summed E-state index contributed by atoms with van der Waals surface area (Å²) in [6.45, 7) is -0.567. The largest absolute Gasteiger partial charge is 0.507 e. The number of azo groups is 1. The van der Waals surface area contributed by atoms with Crippen LogP contribution in [-0.2, 0) is 30.1 Å². The lowest BCUT2D eigenvalue weighted by Gasteiger charge is -2.12. The van der Waals surface area contributed by atoms with Crippen LogP contribution in [-0.4, -0.2) is 56.9 Å². The first kappa shape index (κ1) is 25.5. The Balaban J connectivity index is 2.18. The topological polar surface area (TPSA) is 234 Å². The van der Waals surface area contributed by atoms with Crippen LogP contribution in [0.3, 0.4) is 0 Å². The summed E-state index contributed by atoms with van der Waals surface area (Å²) in [4.78, 5) is -1.71. The van der Waals surface area contributed by atoms with Gasteiger partial charge in [-0.15, -0.1) is 5.11 Å². The summed E-state index contributed by atoms with van der Waals surface area (Å²) in [5.41, 5.74) is 4.96. The summed E-state index contributed by atoms with van der Waals surface area (Å²) in [5, 5.41) is 26.1. The third kappa shape index (κ3) is 5.16. The van der Waals surface area contributed by atoms with Crippen LogP contribution in [0.25, 0.3) is 10.8 Å². The number of fused-ring (bicyclic) bond motifs is 1. The number of sulfone groups is 1. The van der Waals surface area contributed by atoms with E-state index in [0.29, 0.717) is 6.07 Å². The van der Waals surface area contributed by atoms with Crippen LogP contribution in [0.1, 0.15) is 0 Å². The van der Waals surface area contributed by atoms with Gasteiger partial charge in [0.1, 0.15) is 16.3 Å². The quantitative estimate of drug-likeness (QED) is 0.167. The number of rotatable bonds is 7. The third-order valence-corrected chi connectivity index (χ3v) is 7.97. The first-order chi connectivity index (χ1) is 15.6. The van der Waals surface area contributed by atoms with Crippen LogP contribution in [0.15, 0.2) is 67.4 Å². The number of nitrogens with zero attached hydrogens (tertiary/aromatic N) is 2. The van der Waals surface area contributed by atoms with Gasteiger partial charge >= 0.3 is 0 Å². The molecule has 0 aliphatic carbocycles. The molecule has 0 amide bonds. The van der Waals surface area contributed by atoms with E-state index in [1.54, 1.807) is 0 Å². The lowest BCUT2D eigenvalue weighted by Crippen LogP contribution is -2.09. The molecule has 0 saturated heterocycles. The smallest absolute Gasteiger partial charge is 0.296 e. The van der Waals surface area contributed by atoms with Crippen LogP contribution < -0.4 is 5.73 Å². The number of nitrogens with two attached hydrogens (primary N) is 1. The second kappa shape index (κ2) is 8.90. The number of nitrogen functional groups attached to an aromatic ring is 1. The summed E-state index contributed by atoms with van der Waals surface area (Å²) >= 11 is 0. The third-order valence-electron chi connectivity index (χ3n) is 4.56. The van der Waals surface area contributed by atoms with Crippen molar-refractivity contribution in [3.05, 3.63) is 42.5 Å². The molecule has 13 nitrogen and oxygen atoms in total. The van der Waals surface area contributed by atoms with Gasteiger partial charge in [-0.3, -0.25) is 9.11 Å². The Kier molecular flexibility index (Phi) is 6.66. The Morgan fingerprint density at radius 2 is 1.44 bits per heavy atom. The normalized spacial score (nSPS) is 13.0. The Bertz CT molecular complexity index is 1630. The van der Waals surface area contributed by atoms with Crippen LogP contribution in [0.4, 0.5) is 17.1 Å². The minimum Gasteiger partial charge on any atom is -0.507 e. The first-order valence-electron chi connectivity index (χ1n) is 9.05. The summed E-state index contributed by atoms with van der Waals surface area (Å²) in [6.07, 6.45) is 0. The number of aliphatic hydroxyl groups excluding tert-OH is 1. The second-order valence-corrected chi connectivity index (χ2v) is 11.8. The van der Waals surface area contributed by atoms with Gasteiger partial charge < -0.3 is 15.9 Å². The molecule has 0 aromatic heterocycles. The van der Waals surface area contributed by atoms with Crippen LogP contribution in [0.2, 0.25) is 0 Å². The second-order valence-electron chi connectivity index (χ2n) is 6.86. The number of hydrogen-bond acceptors (Lipinski definition) is 11. The Hall–Kier alpha value is -3.15. The molecule has 34 heavy (non-hydrogen) atoms. The minimum atomic E-state index is -4.98. The van der Waals surface area contributed by atoms with Gasteiger partial charge in [-0.1, -0.05) is 0 Å². The number of phenolic OH excluding ortho intramolecular Hbond substituents is 1. The molecule has 3 aromatic carbocycles. The summed E-state index contributed by atoms with van der Waals surface area (Å²) < 4.78 is 89.4. The van der Waals surface area contributed by atoms with Gasteiger partial charge in [-0.2, -0.15) is 21.9 Å². The van der Waals surface area contributed by atoms with E-state index in [1.807, 2.05) is 0 Å². The van der Waals surface area contributed by atoms with Crippen molar-refractivity contribution < 1.29 is 44.6 Å². The average Bonchev–Trinajstić information content (AvgIpc) is 2.71. The predicted octanol–water partition coefficient (Wildman–Crippen LogP) is 1.80. The molecular weight excluding hydrogens is 514 g/mol. The Labute approximate surface area is 193 Å². The molecule has 0 atom stereocenters. The van der Waals surface area contributed by atoms with E-state index >= 15 is 0 Å². The number of hydrogen-bond donors (Lipinski definition) is 5. The van der Waals surface area contributed by atoms with E-state index < -0.39 is 69.3 Å². The number of aliphatic hydroxyl groups is 1. The molecule has 0 spiro atoms. The summed E-state index contributed by atoms with van der Waals surface area (Å²) in [7, 11) is -13.5. The Morgan fingerprint density at radius 1 is 0.824 bits per heavy atom. The van der Waals surface area contributed by atoms with E-state index in [1.165, 1.54) is 24.3 Å². The standard InChI is InChI=1S/C18H17N3O10S3/c19-17-16-10(7-13(9-14(16)23)33(26,27)28)8-15(34(29,30)31)18(17)21-20-11-1-3-12(4-2-11)32(24,25)6-5-22/h1-4,7-9,22-23H,5-6,19H2,(H,26,27,28)(H,29,30,31). The van der Waals surface area contributed by atoms with Crippen LogP contribution in [0.5, 0.6) is 5.75 Å². The highest BCUT2D eigenvalue weighted by molar-refractivity contribution is 7.91. The molecule has 182 valence electrons. The van der Waals surface area contributed by atoms with E-state index in [-0.39, 0.29) is 21.4 Å². The van der Waals surface area contributed by atoms with E-state index in [0.717, 1.165) is 12.1 Å². The molecule has 0 heterocycles. The number of anilines is 1. The summed E-state index contributed by atoms with van der Waals surface area (Å²) in [5.74, 6) is -1.21. The van der Waals surface area contributed by atoms with Gasteiger partial charge in [0, 0.05) is 11.5 Å². The van der Waals surface area contributed by atoms with Gasteiger partial charge in [0.25, 0.3) is 20.2 Å². The monoisotopic (exact) mass is 531 g/mol. The lowest BCUT2D eigenvalue weighted by atomic mass is 10.1. The zero-order valence-corrected chi connectivity index (χ0v) is 19.3. The van der Waals surface area contributed by atoms with Crippen molar-refractivity contribution in [2.75, 3.05) is 18.1 Å². The molecule has 0 fully saturated rings. The minimum absolute atomic E-state index is 0.0645. The maximum atomic E-state index is 12.0. The highest BCUT2D eigenvalue weighted by Gasteiger charge is 2.24. The van der Waals surface area contributed by atoms with Crippen molar-refractivity contribution in [1.29, 1.82) is 0 Å². The fraction of sp³-hybridized carbons (Fsp3) is 0.111. The highest BCUT2D eigenvalue weighted by Crippen LogP contribution is 2.43. The molecule has 0 aliphatic rings. The highest BCUT2D eigenvalue weighted by atomic mass is 32.2. The van der Waals surface area contributed by atoms with E-state index in [9.17, 15) is 39.5 Å². The number of aromatic hydroxyl groups is 1.